The van der Waals surface area contributed by atoms with Crippen LogP contribution in [-0.2, 0) is 0 Å². The summed E-state index contributed by atoms with van der Waals surface area (Å²) in [7, 11) is 0. The third-order valence-corrected chi connectivity index (χ3v) is 3.50. The van der Waals surface area contributed by atoms with Gasteiger partial charge in [-0.15, -0.1) is 0 Å². The van der Waals surface area contributed by atoms with Crippen molar-refractivity contribution in [3.05, 3.63) is 81.9 Å². The van der Waals surface area contributed by atoms with Gasteiger partial charge < -0.3 is 10.2 Å². The molecule has 2 aromatic carbocycles. The van der Waals surface area contributed by atoms with Crippen molar-refractivity contribution in [3.63, 3.8) is 0 Å². The fraction of sp³-hybridized carbons (Fsp3) is 0.182. The molecule has 0 saturated heterocycles. The van der Waals surface area contributed by atoms with Gasteiger partial charge >= 0.3 is 0 Å². The van der Waals surface area contributed by atoms with Crippen molar-refractivity contribution in [2.24, 2.45) is 0 Å². The molecular weight excluding hydrogens is 296 g/mol. The number of aliphatic hydroxyl groups excluding tert-OH is 2. The summed E-state index contributed by atoms with van der Waals surface area (Å²) >= 11 is 0. The lowest BCUT2D eigenvalue weighted by molar-refractivity contribution is 0.319. The zero-order valence-electron chi connectivity index (χ0n) is 13.9. The van der Waals surface area contributed by atoms with Crippen molar-refractivity contribution >= 4 is 0 Å². The molecule has 0 radical (unpaired) electrons. The molecule has 0 fully saturated rings. The van der Waals surface area contributed by atoms with E-state index in [2.05, 4.69) is 23.7 Å². The molecule has 0 aliphatic rings. The number of rotatable bonds is 2. The maximum absolute atomic E-state index is 9.54. The highest BCUT2D eigenvalue weighted by atomic mass is 16.3. The van der Waals surface area contributed by atoms with Gasteiger partial charge in [0.15, 0.2) is 0 Å². The maximum atomic E-state index is 9.54. The predicted molar refractivity (Wildman–Crippen MR) is 97.3 cm³/mol. The van der Waals surface area contributed by atoms with Crippen molar-refractivity contribution in [3.8, 4) is 23.7 Å². The van der Waals surface area contributed by atoms with E-state index < -0.39 is 0 Å². The Kier molecular flexibility index (Phi) is 6.41. The van der Waals surface area contributed by atoms with Gasteiger partial charge in [0.05, 0.1) is 13.2 Å². The lowest BCUT2D eigenvalue weighted by atomic mass is 10.1. The molecule has 0 amide bonds. The minimum absolute atomic E-state index is 0.253. The lowest BCUT2D eigenvalue weighted by Crippen LogP contribution is -1.98. The molecule has 0 atom stereocenters. The minimum Gasteiger partial charge on any atom is -0.391 e. The van der Waals surface area contributed by atoms with Crippen molar-refractivity contribution in [2.75, 3.05) is 13.2 Å². The topological polar surface area (TPSA) is 40.5 Å². The monoisotopic (exact) mass is 316 g/mol. The van der Waals surface area contributed by atoms with Gasteiger partial charge in [0.2, 0.25) is 0 Å². The van der Waals surface area contributed by atoms with Crippen LogP contribution in [0.15, 0.2) is 59.7 Å². The van der Waals surface area contributed by atoms with Gasteiger partial charge in [-0.2, -0.15) is 0 Å². The fourth-order valence-electron chi connectivity index (χ4n) is 1.99. The average Bonchev–Trinajstić information content (AvgIpc) is 2.60. The third kappa shape index (κ3) is 5.14. The molecule has 2 aromatic rings. The Labute approximate surface area is 143 Å². The SMILES string of the molecule is Cc1ccc(C#CC(CO)=C(C#Cc2ccc(C)cc2)CO)cc1. The summed E-state index contributed by atoms with van der Waals surface area (Å²) in [6.45, 7) is 3.52. The van der Waals surface area contributed by atoms with E-state index in [0.29, 0.717) is 11.1 Å². The first-order valence-corrected chi connectivity index (χ1v) is 7.73. The van der Waals surface area contributed by atoms with Gasteiger partial charge in [0.25, 0.3) is 0 Å². The van der Waals surface area contributed by atoms with Gasteiger partial charge in [0.1, 0.15) is 0 Å². The fourth-order valence-corrected chi connectivity index (χ4v) is 1.99. The molecule has 2 heteroatoms. The van der Waals surface area contributed by atoms with Crippen LogP contribution in [0.5, 0.6) is 0 Å². The van der Waals surface area contributed by atoms with E-state index in [1.165, 1.54) is 11.1 Å². The Balaban J connectivity index is 2.30. The van der Waals surface area contributed by atoms with Gasteiger partial charge in [0, 0.05) is 22.3 Å². The smallest absolute Gasteiger partial charge is 0.0770 e. The Hall–Kier alpha value is -2.78. The Morgan fingerprint density at radius 1 is 0.667 bits per heavy atom. The van der Waals surface area contributed by atoms with E-state index >= 15 is 0 Å². The number of aliphatic hydroxyl groups is 2. The van der Waals surface area contributed by atoms with Gasteiger partial charge in [-0.3, -0.25) is 0 Å². The van der Waals surface area contributed by atoms with Gasteiger partial charge in [-0.05, 0) is 38.1 Å². The van der Waals surface area contributed by atoms with Crippen LogP contribution in [0.2, 0.25) is 0 Å². The third-order valence-electron chi connectivity index (χ3n) is 3.50. The summed E-state index contributed by atoms with van der Waals surface area (Å²) in [5, 5.41) is 19.1. The van der Waals surface area contributed by atoms with Crippen LogP contribution >= 0.6 is 0 Å². The van der Waals surface area contributed by atoms with Crippen LogP contribution < -0.4 is 0 Å². The number of hydrogen-bond donors (Lipinski definition) is 2. The highest BCUT2D eigenvalue weighted by Gasteiger charge is 2.00. The molecule has 120 valence electrons. The van der Waals surface area contributed by atoms with Crippen LogP contribution in [0.3, 0.4) is 0 Å². The van der Waals surface area contributed by atoms with E-state index in [1.54, 1.807) is 0 Å². The van der Waals surface area contributed by atoms with E-state index in [1.807, 2.05) is 62.4 Å². The predicted octanol–water partition coefficient (Wildman–Crippen LogP) is 2.99. The Morgan fingerprint density at radius 2 is 1.00 bits per heavy atom. The van der Waals surface area contributed by atoms with Crippen LogP contribution in [-0.4, -0.2) is 23.4 Å². The molecule has 0 aliphatic carbocycles. The molecule has 0 saturated carbocycles. The maximum Gasteiger partial charge on any atom is 0.0770 e. The van der Waals surface area contributed by atoms with E-state index in [4.69, 9.17) is 0 Å². The second-order valence-corrected chi connectivity index (χ2v) is 5.51. The first-order valence-electron chi connectivity index (χ1n) is 7.73. The van der Waals surface area contributed by atoms with Crippen LogP contribution in [0.25, 0.3) is 0 Å². The molecule has 0 heterocycles. The normalized spacial score (nSPS) is 10.8. The van der Waals surface area contributed by atoms with Gasteiger partial charge in [-0.1, -0.05) is 59.1 Å². The van der Waals surface area contributed by atoms with Crippen LogP contribution in [0.1, 0.15) is 22.3 Å². The molecule has 0 spiro atoms. The van der Waals surface area contributed by atoms with Crippen molar-refractivity contribution < 1.29 is 10.2 Å². The summed E-state index contributed by atoms with van der Waals surface area (Å²) in [4.78, 5) is 0. The standard InChI is InChI=1S/C22H20O2/c1-17-3-7-19(8-4-17)11-13-21(15-23)22(16-24)14-12-20-9-5-18(2)6-10-20/h3-10,23-24H,15-16H2,1-2H3. The van der Waals surface area contributed by atoms with E-state index in [0.717, 1.165) is 11.1 Å². The highest BCUT2D eigenvalue weighted by Crippen LogP contribution is 2.06. The number of hydrogen-bond acceptors (Lipinski definition) is 2. The lowest BCUT2D eigenvalue weighted by Gasteiger charge is -1.99. The van der Waals surface area contributed by atoms with E-state index in [9.17, 15) is 10.2 Å². The summed E-state index contributed by atoms with van der Waals surface area (Å²) in [6, 6.07) is 15.6. The number of benzene rings is 2. The summed E-state index contributed by atoms with van der Waals surface area (Å²) in [6.07, 6.45) is 0. The molecule has 0 aliphatic heterocycles. The minimum atomic E-state index is -0.253. The Morgan fingerprint density at radius 3 is 1.29 bits per heavy atom. The van der Waals surface area contributed by atoms with E-state index in [-0.39, 0.29) is 13.2 Å². The summed E-state index contributed by atoms with van der Waals surface area (Å²) < 4.78 is 0. The van der Waals surface area contributed by atoms with Gasteiger partial charge in [-0.25, -0.2) is 0 Å². The van der Waals surface area contributed by atoms with Crippen molar-refractivity contribution in [1.29, 1.82) is 0 Å². The molecule has 0 aromatic heterocycles. The zero-order chi connectivity index (χ0) is 17.4. The summed E-state index contributed by atoms with van der Waals surface area (Å²) in [5.74, 6) is 11.8. The zero-order valence-corrected chi connectivity index (χ0v) is 13.9. The molecule has 2 rings (SSSR count). The molecule has 2 nitrogen and oxygen atoms in total. The average molecular weight is 316 g/mol. The first-order chi connectivity index (χ1) is 11.6. The summed E-state index contributed by atoms with van der Waals surface area (Å²) in [5.41, 5.74) is 4.93. The van der Waals surface area contributed by atoms with Crippen LogP contribution in [0, 0.1) is 37.5 Å². The van der Waals surface area contributed by atoms with Crippen molar-refractivity contribution in [1.82, 2.24) is 0 Å². The molecule has 0 bridgehead atoms. The highest BCUT2D eigenvalue weighted by molar-refractivity contribution is 5.50. The second kappa shape index (κ2) is 8.75. The Bertz CT molecular complexity index is 760. The molecular formula is C22H20O2. The number of aryl methyl sites for hydroxylation is 2. The molecule has 0 unspecified atom stereocenters. The largest absolute Gasteiger partial charge is 0.391 e. The van der Waals surface area contributed by atoms with Crippen LogP contribution in [0.4, 0.5) is 0 Å². The quantitative estimate of drug-likeness (QED) is 0.836. The first kappa shape index (κ1) is 17.6. The molecule has 2 N–H and O–H groups in total. The second-order valence-electron chi connectivity index (χ2n) is 5.51. The van der Waals surface area contributed by atoms with Crippen molar-refractivity contribution in [2.45, 2.75) is 13.8 Å². The molecule has 24 heavy (non-hydrogen) atoms.